The van der Waals surface area contributed by atoms with Gasteiger partial charge < -0.3 is 11.1 Å². The Kier molecular flexibility index (Phi) is 7.76. The van der Waals surface area contributed by atoms with Gasteiger partial charge in [-0.2, -0.15) is 8.78 Å². The van der Waals surface area contributed by atoms with E-state index >= 15 is 0 Å². The highest BCUT2D eigenvalue weighted by molar-refractivity contribution is 7.91. The molecule has 21 heavy (non-hydrogen) atoms. The lowest BCUT2D eigenvalue weighted by Crippen LogP contribution is -2.38. The van der Waals surface area contributed by atoms with Crippen LogP contribution in [0.2, 0.25) is 0 Å². The molecule has 0 aliphatic rings. The predicted octanol–water partition coefficient (Wildman–Crippen LogP) is 1.11. The van der Waals surface area contributed by atoms with E-state index in [4.69, 9.17) is 5.73 Å². The van der Waals surface area contributed by atoms with Gasteiger partial charge in [0.2, 0.25) is 15.7 Å². The van der Waals surface area contributed by atoms with Gasteiger partial charge in [0.05, 0.1) is 11.3 Å². The van der Waals surface area contributed by atoms with Gasteiger partial charge in [0.15, 0.2) is 0 Å². The first-order chi connectivity index (χ1) is 9.27. The van der Waals surface area contributed by atoms with E-state index in [0.717, 1.165) is 12.1 Å². The minimum Gasteiger partial charge on any atom is -0.352 e. The maximum Gasteiger partial charge on any atom is 0.341 e. The van der Waals surface area contributed by atoms with Gasteiger partial charge in [-0.15, -0.1) is 12.4 Å². The molecule has 3 N–H and O–H groups in total. The number of carbonyl (C=O) groups excluding carboxylic acids is 1. The first-order valence-electron chi connectivity index (χ1n) is 5.87. The molecule has 5 nitrogen and oxygen atoms in total. The number of hydrogen-bond acceptors (Lipinski definition) is 4. The van der Waals surface area contributed by atoms with Crippen molar-refractivity contribution in [1.29, 1.82) is 0 Å². The minimum atomic E-state index is -4.60. The van der Waals surface area contributed by atoms with Crippen molar-refractivity contribution < 1.29 is 22.0 Å². The Bertz CT molecular complexity index is 564. The van der Waals surface area contributed by atoms with Gasteiger partial charge in [-0.05, 0) is 24.6 Å². The van der Waals surface area contributed by atoms with Gasteiger partial charge in [-0.1, -0.05) is 12.1 Å². The lowest BCUT2D eigenvalue weighted by molar-refractivity contribution is -0.120. The van der Waals surface area contributed by atoms with Crippen molar-refractivity contribution >= 4 is 28.2 Å². The number of halogens is 3. The van der Waals surface area contributed by atoms with Crippen molar-refractivity contribution in [3.8, 4) is 0 Å². The van der Waals surface area contributed by atoms with Crippen LogP contribution in [0.1, 0.15) is 12.5 Å². The Morgan fingerprint density at radius 1 is 1.29 bits per heavy atom. The lowest BCUT2D eigenvalue weighted by Gasteiger charge is -2.11. The zero-order valence-corrected chi connectivity index (χ0v) is 12.9. The molecule has 1 atom stereocenters. The highest BCUT2D eigenvalue weighted by atomic mass is 35.5. The van der Waals surface area contributed by atoms with E-state index in [1.165, 1.54) is 12.1 Å². The Morgan fingerprint density at radius 3 is 2.24 bits per heavy atom. The van der Waals surface area contributed by atoms with Crippen LogP contribution in [0.15, 0.2) is 29.2 Å². The van der Waals surface area contributed by atoms with E-state index < -0.39 is 20.5 Å². The summed E-state index contributed by atoms with van der Waals surface area (Å²) in [5.74, 6) is -3.73. The summed E-state index contributed by atoms with van der Waals surface area (Å²) >= 11 is 0. The van der Waals surface area contributed by atoms with Crippen LogP contribution in [-0.4, -0.2) is 32.7 Å². The maximum atomic E-state index is 12.3. The molecule has 1 aromatic carbocycles. The summed E-state index contributed by atoms with van der Waals surface area (Å²) in [7, 11) is -4.60. The number of hydrogen-bond donors (Lipinski definition) is 2. The summed E-state index contributed by atoms with van der Waals surface area (Å²) in [5, 5.41) is 2.64. The smallest absolute Gasteiger partial charge is 0.341 e. The van der Waals surface area contributed by atoms with Crippen molar-refractivity contribution in [2.45, 2.75) is 30.0 Å². The molecule has 0 aromatic heterocycles. The summed E-state index contributed by atoms with van der Waals surface area (Å²) in [5.41, 5.74) is 5.89. The average molecular weight is 343 g/mol. The molecule has 0 bridgehead atoms. The largest absolute Gasteiger partial charge is 0.352 e. The fourth-order valence-electron chi connectivity index (χ4n) is 1.47. The van der Waals surface area contributed by atoms with Crippen molar-refractivity contribution in [2.24, 2.45) is 5.73 Å². The second-order valence-electron chi connectivity index (χ2n) is 4.33. The van der Waals surface area contributed by atoms with Gasteiger partial charge in [-0.3, -0.25) is 4.79 Å². The van der Waals surface area contributed by atoms with Gasteiger partial charge >= 0.3 is 5.76 Å². The number of nitrogens with one attached hydrogen (secondary N) is 1. The molecule has 0 aliphatic heterocycles. The second kappa shape index (κ2) is 8.26. The van der Waals surface area contributed by atoms with Gasteiger partial charge in [-0.25, -0.2) is 8.42 Å². The van der Waals surface area contributed by atoms with Crippen molar-refractivity contribution in [1.82, 2.24) is 5.32 Å². The molecule has 0 unspecified atom stereocenters. The Labute approximate surface area is 128 Å². The summed E-state index contributed by atoms with van der Waals surface area (Å²) < 4.78 is 47.1. The number of rotatable bonds is 6. The maximum absolute atomic E-state index is 12.3. The van der Waals surface area contributed by atoms with Crippen molar-refractivity contribution in [2.75, 3.05) is 6.54 Å². The van der Waals surface area contributed by atoms with Gasteiger partial charge in [0, 0.05) is 12.6 Å². The first-order valence-corrected chi connectivity index (χ1v) is 7.42. The van der Waals surface area contributed by atoms with Crippen LogP contribution >= 0.6 is 12.4 Å². The molecule has 9 heteroatoms. The minimum absolute atomic E-state index is 0. The number of carbonyl (C=O) groups is 1. The molecule has 0 heterocycles. The predicted molar refractivity (Wildman–Crippen MR) is 77.2 cm³/mol. The van der Waals surface area contributed by atoms with Crippen LogP contribution < -0.4 is 11.1 Å². The molecule has 0 saturated carbocycles. The number of benzene rings is 1. The van der Waals surface area contributed by atoms with Crippen LogP contribution in [0.3, 0.4) is 0 Å². The first kappa shape index (κ1) is 19.8. The fraction of sp³-hybridized carbons (Fsp3) is 0.417. The molecule has 1 aromatic rings. The average Bonchev–Trinajstić information content (AvgIpc) is 2.38. The topological polar surface area (TPSA) is 89.3 Å². The van der Waals surface area contributed by atoms with Crippen LogP contribution in [0, 0.1) is 0 Å². The number of amides is 1. The number of sulfone groups is 1. The number of alkyl halides is 2. The highest BCUT2D eigenvalue weighted by Crippen LogP contribution is 2.18. The third-order valence-corrected chi connectivity index (χ3v) is 4.01. The molecular weight excluding hydrogens is 326 g/mol. The summed E-state index contributed by atoms with van der Waals surface area (Å²) in [4.78, 5) is 11.1. The molecule has 0 aliphatic carbocycles. The molecule has 0 saturated heterocycles. The third kappa shape index (κ3) is 5.56. The third-order valence-electron chi connectivity index (χ3n) is 2.61. The van der Waals surface area contributed by atoms with Crippen LogP contribution in [-0.2, 0) is 21.1 Å². The Balaban J connectivity index is 0.00000400. The van der Waals surface area contributed by atoms with Crippen molar-refractivity contribution in [3.63, 3.8) is 0 Å². The van der Waals surface area contributed by atoms with Crippen LogP contribution in [0.5, 0.6) is 0 Å². The number of nitrogens with two attached hydrogens (primary N) is 1. The van der Waals surface area contributed by atoms with Crippen LogP contribution in [0.25, 0.3) is 0 Å². The molecule has 120 valence electrons. The summed E-state index contributed by atoms with van der Waals surface area (Å²) in [6, 6.07) is 4.64. The molecule has 1 rings (SSSR count). The molecule has 1 amide bonds. The van der Waals surface area contributed by atoms with E-state index in [0.29, 0.717) is 12.1 Å². The van der Waals surface area contributed by atoms with E-state index in [9.17, 15) is 22.0 Å². The van der Waals surface area contributed by atoms with E-state index in [1.54, 1.807) is 6.92 Å². The zero-order valence-electron chi connectivity index (χ0n) is 11.3. The monoisotopic (exact) mass is 342 g/mol. The van der Waals surface area contributed by atoms with Crippen molar-refractivity contribution in [3.05, 3.63) is 29.8 Å². The molecule has 0 spiro atoms. The lowest BCUT2D eigenvalue weighted by atomic mass is 10.1. The quantitative estimate of drug-likeness (QED) is 0.810. The van der Waals surface area contributed by atoms with Crippen LogP contribution in [0.4, 0.5) is 8.78 Å². The highest BCUT2D eigenvalue weighted by Gasteiger charge is 2.26. The standard InChI is InChI=1S/C12H16F2N2O3S.ClH/c1-8(7-15)16-11(17)6-9-2-4-10(5-3-9)20(18,19)12(13)14;/h2-5,8,12H,6-7,15H2,1H3,(H,16,17);1H/t8-;/m0./s1. The van der Waals surface area contributed by atoms with Gasteiger partial charge in [0.25, 0.3) is 0 Å². The SMILES string of the molecule is C[C@@H](CN)NC(=O)Cc1ccc(S(=O)(=O)C(F)F)cc1.Cl. The summed E-state index contributed by atoms with van der Waals surface area (Å²) in [6.45, 7) is 2.05. The molecule has 0 radical (unpaired) electrons. The Morgan fingerprint density at radius 2 is 1.81 bits per heavy atom. The van der Waals surface area contributed by atoms with Gasteiger partial charge in [0.1, 0.15) is 0 Å². The van der Waals surface area contributed by atoms with E-state index in [-0.39, 0.29) is 30.8 Å². The zero-order chi connectivity index (χ0) is 15.3. The second-order valence-corrected chi connectivity index (χ2v) is 6.25. The normalized spacial score (nSPS) is 12.6. The molecule has 0 fully saturated rings. The Hall–Kier alpha value is -1.25. The van der Waals surface area contributed by atoms with E-state index in [2.05, 4.69) is 5.32 Å². The summed E-state index contributed by atoms with van der Waals surface area (Å²) in [6.07, 6.45) is 0.0271. The molecular formula is C12H17ClF2N2O3S. The fourth-order valence-corrected chi connectivity index (χ4v) is 2.19. The van der Waals surface area contributed by atoms with E-state index in [1.807, 2.05) is 0 Å².